The molecule has 1 aliphatic rings. The number of nitrogens with zero attached hydrogens (tertiary/aromatic N) is 1. The molecule has 0 saturated carbocycles. The minimum absolute atomic E-state index is 0.137. The fraction of sp³-hybridized carbons (Fsp3) is 0.750. The molecular weight excluding hydrogens is 158 g/mol. The van der Waals surface area contributed by atoms with Crippen molar-refractivity contribution in [1.82, 2.24) is 4.90 Å². The topological polar surface area (TPSA) is 57.6 Å². The molecule has 1 aliphatic heterocycles. The third-order valence-corrected chi connectivity index (χ3v) is 2.19. The van der Waals surface area contributed by atoms with Crippen molar-refractivity contribution in [3.8, 4) is 0 Å². The Hall–Kier alpha value is -1.06. The second-order valence-electron chi connectivity index (χ2n) is 3.06. The molecule has 68 valence electrons. The first-order valence-corrected chi connectivity index (χ1v) is 4.13. The van der Waals surface area contributed by atoms with Gasteiger partial charge < -0.3 is 10.0 Å². The summed E-state index contributed by atoms with van der Waals surface area (Å²) in [6.45, 7) is 2.01. The number of likely N-dealkylation sites (tertiary alicyclic amines) is 1. The van der Waals surface area contributed by atoms with E-state index in [0.717, 1.165) is 12.8 Å². The maximum absolute atomic E-state index is 11.0. The zero-order valence-electron chi connectivity index (χ0n) is 7.12. The molecule has 4 heteroatoms. The largest absolute Gasteiger partial charge is 0.480 e. The third-order valence-electron chi connectivity index (χ3n) is 2.19. The van der Waals surface area contributed by atoms with Crippen molar-refractivity contribution in [1.29, 1.82) is 0 Å². The highest BCUT2D eigenvalue weighted by molar-refractivity contribution is 5.82. The molecule has 1 heterocycles. The number of carbonyl (C=O) groups excluding carboxylic acids is 1. The number of carboxylic acid groups (broad SMARTS) is 1. The molecular formula is C8H13NO3. The lowest BCUT2D eigenvalue weighted by Gasteiger charge is -2.31. The smallest absolute Gasteiger partial charge is 0.326 e. The lowest BCUT2D eigenvalue weighted by molar-refractivity contribution is -0.151. The van der Waals surface area contributed by atoms with Crippen LogP contribution in [0.5, 0.6) is 0 Å². The molecule has 1 fully saturated rings. The van der Waals surface area contributed by atoms with Crippen LogP contribution in [-0.4, -0.2) is 34.5 Å². The molecule has 1 amide bonds. The summed E-state index contributed by atoms with van der Waals surface area (Å²) in [6, 6.07) is -0.587. The van der Waals surface area contributed by atoms with E-state index in [9.17, 15) is 9.59 Å². The van der Waals surface area contributed by atoms with Crippen LogP contribution in [0.15, 0.2) is 0 Å². The van der Waals surface area contributed by atoms with Gasteiger partial charge in [0.25, 0.3) is 0 Å². The van der Waals surface area contributed by atoms with Crippen LogP contribution in [0.25, 0.3) is 0 Å². The molecule has 4 nitrogen and oxygen atoms in total. The summed E-state index contributed by atoms with van der Waals surface area (Å²) in [5.74, 6) is -1.02. The van der Waals surface area contributed by atoms with Crippen LogP contribution < -0.4 is 0 Å². The average Bonchev–Trinajstić information content (AvgIpc) is 2.04. The first-order valence-electron chi connectivity index (χ1n) is 4.13. The zero-order chi connectivity index (χ0) is 9.14. The first kappa shape index (κ1) is 9.03. The lowest BCUT2D eigenvalue weighted by atomic mass is 10.0. The molecule has 12 heavy (non-hydrogen) atoms. The Morgan fingerprint density at radius 1 is 1.42 bits per heavy atom. The SMILES string of the molecule is CC(=O)N1CCCC[C@H]1C(=O)O. The molecule has 0 aromatic rings. The number of carbonyl (C=O) groups is 2. The van der Waals surface area contributed by atoms with Crippen LogP contribution in [0, 0.1) is 0 Å². The van der Waals surface area contributed by atoms with E-state index in [-0.39, 0.29) is 5.91 Å². The number of hydrogen-bond acceptors (Lipinski definition) is 2. The second kappa shape index (κ2) is 3.56. The van der Waals surface area contributed by atoms with Crippen molar-refractivity contribution in [2.75, 3.05) is 6.54 Å². The molecule has 1 atom stereocenters. The van der Waals surface area contributed by atoms with Crippen LogP contribution in [0.4, 0.5) is 0 Å². The van der Waals surface area contributed by atoms with Crippen molar-refractivity contribution in [3.05, 3.63) is 0 Å². The molecule has 0 aliphatic carbocycles. The van der Waals surface area contributed by atoms with Gasteiger partial charge in [-0.2, -0.15) is 0 Å². The maximum Gasteiger partial charge on any atom is 0.326 e. The predicted octanol–water partition coefficient (Wildman–Crippen LogP) is 0.472. The fourth-order valence-corrected chi connectivity index (χ4v) is 1.57. The van der Waals surface area contributed by atoms with Crippen LogP contribution in [0.2, 0.25) is 0 Å². The highest BCUT2D eigenvalue weighted by Gasteiger charge is 2.29. The number of carboxylic acids is 1. The van der Waals surface area contributed by atoms with Crippen LogP contribution in [0.1, 0.15) is 26.2 Å². The van der Waals surface area contributed by atoms with Gasteiger partial charge in [0.2, 0.25) is 5.91 Å². The maximum atomic E-state index is 11.0. The van der Waals surface area contributed by atoms with Gasteiger partial charge in [0.1, 0.15) is 6.04 Å². The summed E-state index contributed by atoms with van der Waals surface area (Å²) < 4.78 is 0. The molecule has 1 saturated heterocycles. The van der Waals surface area contributed by atoms with Gasteiger partial charge in [-0.3, -0.25) is 4.79 Å². The van der Waals surface area contributed by atoms with Gasteiger partial charge in [-0.05, 0) is 19.3 Å². The van der Waals surface area contributed by atoms with Gasteiger partial charge in [-0.25, -0.2) is 4.79 Å². The summed E-state index contributed by atoms with van der Waals surface area (Å²) in [5.41, 5.74) is 0. The summed E-state index contributed by atoms with van der Waals surface area (Å²) >= 11 is 0. The molecule has 0 bridgehead atoms. The Morgan fingerprint density at radius 2 is 2.08 bits per heavy atom. The van der Waals surface area contributed by atoms with Gasteiger partial charge in [-0.15, -0.1) is 0 Å². The molecule has 1 rings (SSSR count). The number of aliphatic carboxylic acids is 1. The minimum Gasteiger partial charge on any atom is -0.480 e. The van der Waals surface area contributed by atoms with Crippen molar-refractivity contribution in [2.45, 2.75) is 32.2 Å². The van der Waals surface area contributed by atoms with E-state index in [1.807, 2.05) is 0 Å². The van der Waals surface area contributed by atoms with Gasteiger partial charge >= 0.3 is 5.97 Å². The van der Waals surface area contributed by atoms with Crippen molar-refractivity contribution >= 4 is 11.9 Å². The van der Waals surface area contributed by atoms with E-state index in [2.05, 4.69) is 0 Å². The summed E-state index contributed by atoms with van der Waals surface area (Å²) in [5, 5.41) is 8.76. The predicted molar refractivity (Wildman–Crippen MR) is 42.7 cm³/mol. The summed E-state index contributed by atoms with van der Waals surface area (Å²) in [4.78, 5) is 23.1. The first-order chi connectivity index (χ1) is 5.63. The van der Waals surface area contributed by atoms with Crippen molar-refractivity contribution in [2.24, 2.45) is 0 Å². The molecule has 0 aromatic heterocycles. The number of piperidine rings is 1. The standard InChI is InChI=1S/C8H13NO3/c1-6(10)9-5-3-2-4-7(9)8(11)12/h7H,2-5H2,1H3,(H,11,12)/t7-/m0/s1. The quantitative estimate of drug-likeness (QED) is 0.624. The van der Waals surface area contributed by atoms with Gasteiger partial charge in [-0.1, -0.05) is 0 Å². The minimum atomic E-state index is -0.884. The van der Waals surface area contributed by atoms with Crippen molar-refractivity contribution in [3.63, 3.8) is 0 Å². The summed E-state index contributed by atoms with van der Waals surface area (Å²) in [6.07, 6.45) is 2.42. The highest BCUT2D eigenvalue weighted by atomic mass is 16.4. The lowest BCUT2D eigenvalue weighted by Crippen LogP contribution is -2.46. The van der Waals surface area contributed by atoms with E-state index in [0.29, 0.717) is 13.0 Å². The Morgan fingerprint density at radius 3 is 2.50 bits per heavy atom. The van der Waals surface area contributed by atoms with E-state index >= 15 is 0 Å². The third kappa shape index (κ3) is 1.75. The van der Waals surface area contributed by atoms with E-state index in [4.69, 9.17) is 5.11 Å². The van der Waals surface area contributed by atoms with Crippen LogP contribution in [-0.2, 0) is 9.59 Å². The summed E-state index contributed by atoms with van der Waals surface area (Å²) in [7, 11) is 0. The fourth-order valence-electron chi connectivity index (χ4n) is 1.57. The van der Waals surface area contributed by atoms with Crippen LogP contribution >= 0.6 is 0 Å². The Labute approximate surface area is 71.2 Å². The van der Waals surface area contributed by atoms with Gasteiger partial charge in [0.15, 0.2) is 0 Å². The van der Waals surface area contributed by atoms with Gasteiger partial charge in [0, 0.05) is 13.5 Å². The zero-order valence-corrected chi connectivity index (χ0v) is 7.12. The number of rotatable bonds is 1. The second-order valence-corrected chi connectivity index (χ2v) is 3.06. The Balaban J connectivity index is 2.67. The molecule has 1 N–H and O–H groups in total. The molecule has 0 radical (unpaired) electrons. The van der Waals surface area contributed by atoms with Crippen LogP contribution in [0.3, 0.4) is 0 Å². The Kier molecular flexibility index (Phi) is 2.68. The molecule has 0 aromatic carbocycles. The van der Waals surface area contributed by atoms with E-state index < -0.39 is 12.0 Å². The molecule has 0 spiro atoms. The highest BCUT2D eigenvalue weighted by Crippen LogP contribution is 2.16. The van der Waals surface area contributed by atoms with Gasteiger partial charge in [0.05, 0.1) is 0 Å². The monoisotopic (exact) mass is 171 g/mol. The van der Waals surface area contributed by atoms with E-state index in [1.165, 1.54) is 11.8 Å². The van der Waals surface area contributed by atoms with E-state index in [1.54, 1.807) is 0 Å². The molecule has 0 unspecified atom stereocenters. The number of hydrogen-bond donors (Lipinski definition) is 1. The Bertz CT molecular complexity index is 180. The average molecular weight is 171 g/mol. The normalized spacial score (nSPS) is 23.8. The number of amides is 1. The van der Waals surface area contributed by atoms with Crippen molar-refractivity contribution < 1.29 is 14.7 Å².